The van der Waals surface area contributed by atoms with E-state index < -0.39 is 5.97 Å². The number of aryl methyl sites for hydroxylation is 1. The number of fused-ring (bicyclic) bond motifs is 2. The number of carbonyl (C=O) groups excluding carboxylic acids is 2. The fourth-order valence-electron chi connectivity index (χ4n) is 4.29. The second-order valence-corrected chi connectivity index (χ2v) is 7.95. The van der Waals surface area contributed by atoms with E-state index in [4.69, 9.17) is 4.74 Å². The molecule has 0 bridgehead atoms. The van der Waals surface area contributed by atoms with Gasteiger partial charge in [-0.25, -0.2) is 4.79 Å². The van der Waals surface area contributed by atoms with Gasteiger partial charge >= 0.3 is 12.4 Å². The van der Waals surface area contributed by atoms with Gasteiger partial charge in [0.25, 0.3) is 0 Å². The number of rotatable bonds is 3. The molecule has 0 radical (unpaired) electrons. The van der Waals surface area contributed by atoms with Crippen molar-refractivity contribution in [2.75, 3.05) is 0 Å². The summed E-state index contributed by atoms with van der Waals surface area (Å²) in [6.07, 6.45) is 7.63. The normalized spacial score (nSPS) is 17.6. The topological polar surface area (TPSA) is 52.6 Å². The van der Waals surface area contributed by atoms with Crippen molar-refractivity contribution in [2.45, 2.75) is 33.6 Å². The van der Waals surface area contributed by atoms with Gasteiger partial charge in [-0.2, -0.15) is 0 Å². The Kier molecular flexibility index (Phi) is 4.42. The number of benzene rings is 2. The maximum Gasteiger partial charge on any atom is 0.346 e. The summed E-state index contributed by atoms with van der Waals surface area (Å²) in [6, 6.07) is 10.0. The van der Waals surface area contributed by atoms with Gasteiger partial charge in [0.15, 0.2) is 0 Å². The van der Waals surface area contributed by atoms with Crippen LogP contribution in [-0.2, 0) is 14.3 Å². The summed E-state index contributed by atoms with van der Waals surface area (Å²) in [6.45, 7) is 6.55. The van der Waals surface area contributed by atoms with Crippen molar-refractivity contribution < 1.29 is 19.1 Å². The molecule has 28 heavy (non-hydrogen) atoms. The van der Waals surface area contributed by atoms with Gasteiger partial charge in [0, 0.05) is 0 Å². The van der Waals surface area contributed by atoms with Crippen LogP contribution >= 0.6 is 0 Å². The first-order valence-electron chi connectivity index (χ1n) is 9.37. The Hall–Kier alpha value is -3.14. The first kappa shape index (κ1) is 18.2. The second-order valence-electron chi connectivity index (χ2n) is 7.95. The maximum atomic E-state index is 12.3. The van der Waals surface area contributed by atoms with Crippen LogP contribution in [0.15, 0.2) is 60.1 Å². The standard InChI is InChI=1S/C24H22O4/c1-15-4-5-16-12-17(6-7-19(16)21(15)23(26)28-14-25)22-20-9-11-27-13-18(20)8-10-24(22,2)3/h4-7,9,11-14H,8,10H2,1-3H3. The predicted octanol–water partition coefficient (Wildman–Crippen LogP) is 5.46. The molecule has 2 aliphatic rings. The van der Waals surface area contributed by atoms with Crippen LogP contribution < -0.4 is 0 Å². The van der Waals surface area contributed by atoms with E-state index in [0.717, 1.165) is 34.7 Å². The molecule has 2 aromatic carbocycles. The number of hydrogen-bond donors (Lipinski definition) is 0. The van der Waals surface area contributed by atoms with Crippen molar-refractivity contribution in [3.63, 3.8) is 0 Å². The summed E-state index contributed by atoms with van der Waals surface area (Å²) in [7, 11) is 0. The lowest BCUT2D eigenvalue weighted by atomic mass is 9.68. The largest absolute Gasteiger partial charge is 0.472 e. The van der Waals surface area contributed by atoms with Gasteiger partial charge < -0.3 is 9.47 Å². The number of hydrogen-bond acceptors (Lipinski definition) is 4. The molecular formula is C24H22O4. The Morgan fingerprint density at radius 3 is 2.82 bits per heavy atom. The highest BCUT2D eigenvalue weighted by molar-refractivity contribution is 6.08. The van der Waals surface area contributed by atoms with Crippen molar-refractivity contribution in [3.8, 4) is 0 Å². The first-order chi connectivity index (χ1) is 13.4. The van der Waals surface area contributed by atoms with Crippen LogP contribution in [0.4, 0.5) is 0 Å². The number of carbonyl (C=O) groups is 2. The SMILES string of the molecule is Cc1ccc2cc(C3=C4C=COC=C4CCC3(C)C)ccc2c1C(=O)OC=O. The predicted molar refractivity (Wildman–Crippen MR) is 108 cm³/mol. The third-order valence-electron chi connectivity index (χ3n) is 5.71. The molecule has 0 fully saturated rings. The molecule has 1 aliphatic carbocycles. The lowest BCUT2D eigenvalue weighted by Gasteiger charge is -2.36. The number of allylic oxidation sites excluding steroid dienone is 4. The average Bonchev–Trinajstić information content (AvgIpc) is 2.67. The van der Waals surface area contributed by atoms with E-state index in [-0.39, 0.29) is 11.9 Å². The van der Waals surface area contributed by atoms with Crippen LogP contribution in [0.3, 0.4) is 0 Å². The van der Waals surface area contributed by atoms with Crippen LogP contribution in [0, 0.1) is 12.3 Å². The van der Waals surface area contributed by atoms with Crippen LogP contribution in [0.2, 0.25) is 0 Å². The summed E-state index contributed by atoms with van der Waals surface area (Å²) >= 11 is 0. The first-order valence-corrected chi connectivity index (χ1v) is 9.37. The molecule has 4 rings (SSSR count). The molecule has 4 heteroatoms. The molecule has 0 atom stereocenters. The van der Waals surface area contributed by atoms with Gasteiger partial charge in [-0.3, -0.25) is 4.79 Å². The van der Waals surface area contributed by atoms with Crippen molar-refractivity contribution in [1.82, 2.24) is 0 Å². The fraction of sp³-hybridized carbons (Fsp3) is 0.250. The highest BCUT2D eigenvalue weighted by Crippen LogP contribution is 2.49. The zero-order valence-electron chi connectivity index (χ0n) is 16.2. The highest BCUT2D eigenvalue weighted by Gasteiger charge is 2.33. The lowest BCUT2D eigenvalue weighted by molar-refractivity contribution is -0.123. The van der Waals surface area contributed by atoms with Gasteiger partial charge in [-0.05, 0) is 75.9 Å². The molecule has 142 valence electrons. The molecule has 0 spiro atoms. The third-order valence-corrected chi connectivity index (χ3v) is 5.71. The number of esters is 1. The zero-order valence-corrected chi connectivity index (χ0v) is 16.2. The van der Waals surface area contributed by atoms with E-state index in [1.807, 2.05) is 37.5 Å². The monoisotopic (exact) mass is 374 g/mol. The highest BCUT2D eigenvalue weighted by atomic mass is 16.6. The van der Waals surface area contributed by atoms with E-state index in [1.54, 1.807) is 6.26 Å². The van der Waals surface area contributed by atoms with Crippen LogP contribution in [0.5, 0.6) is 0 Å². The van der Waals surface area contributed by atoms with E-state index >= 15 is 0 Å². The molecule has 1 aliphatic heterocycles. The minimum absolute atomic E-state index is 0.0198. The minimum atomic E-state index is -0.622. The summed E-state index contributed by atoms with van der Waals surface area (Å²) in [4.78, 5) is 22.9. The zero-order chi connectivity index (χ0) is 19.9. The number of ether oxygens (including phenoxy) is 2. The fourth-order valence-corrected chi connectivity index (χ4v) is 4.29. The Labute approximate surface area is 164 Å². The van der Waals surface area contributed by atoms with E-state index in [0.29, 0.717) is 5.56 Å². The van der Waals surface area contributed by atoms with Gasteiger partial charge in [-0.1, -0.05) is 38.1 Å². The molecular weight excluding hydrogens is 352 g/mol. The van der Waals surface area contributed by atoms with Crippen LogP contribution in [0.25, 0.3) is 16.3 Å². The third kappa shape index (κ3) is 2.95. The van der Waals surface area contributed by atoms with Gasteiger partial charge in [-0.15, -0.1) is 0 Å². The molecule has 4 nitrogen and oxygen atoms in total. The molecule has 2 aromatic rings. The molecule has 0 saturated carbocycles. The molecule has 0 aromatic heterocycles. The Bertz CT molecular complexity index is 1080. The Morgan fingerprint density at radius 1 is 1.21 bits per heavy atom. The van der Waals surface area contributed by atoms with Gasteiger partial charge in [0.2, 0.25) is 0 Å². The quantitative estimate of drug-likeness (QED) is 0.406. The van der Waals surface area contributed by atoms with Crippen molar-refractivity contribution in [2.24, 2.45) is 5.41 Å². The van der Waals surface area contributed by atoms with E-state index in [2.05, 4.69) is 30.7 Å². The molecule has 0 amide bonds. The van der Waals surface area contributed by atoms with Crippen molar-refractivity contribution in [3.05, 3.63) is 76.8 Å². The van der Waals surface area contributed by atoms with E-state index in [1.165, 1.54) is 16.7 Å². The summed E-state index contributed by atoms with van der Waals surface area (Å²) in [5.74, 6) is -0.622. The maximum absolute atomic E-state index is 12.3. The summed E-state index contributed by atoms with van der Waals surface area (Å²) in [5.41, 5.74) is 6.08. The molecule has 0 N–H and O–H groups in total. The Morgan fingerprint density at radius 2 is 2.04 bits per heavy atom. The molecule has 1 heterocycles. The van der Waals surface area contributed by atoms with Crippen molar-refractivity contribution >= 4 is 28.8 Å². The summed E-state index contributed by atoms with van der Waals surface area (Å²) in [5, 5.41) is 1.73. The van der Waals surface area contributed by atoms with Crippen LogP contribution in [0.1, 0.15) is 48.2 Å². The minimum Gasteiger partial charge on any atom is -0.472 e. The summed E-state index contributed by atoms with van der Waals surface area (Å²) < 4.78 is 9.99. The lowest BCUT2D eigenvalue weighted by Crippen LogP contribution is -2.21. The van der Waals surface area contributed by atoms with Gasteiger partial charge in [0.05, 0.1) is 18.1 Å². The van der Waals surface area contributed by atoms with Crippen molar-refractivity contribution in [1.29, 1.82) is 0 Å². The smallest absolute Gasteiger partial charge is 0.346 e. The second kappa shape index (κ2) is 6.79. The molecule has 0 unspecified atom stereocenters. The van der Waals surface area contributed by atoms with Gasteiger partial charge in [0.1, 0.15) is 0 Å². The van der Waals surface area contributed by atoms with E-state index in [9.17, 15) is 9.59 Å². The average molecular weight is 374 g/mol. The molecule has 0 saturated heterocycles. The Balaban J connectivity index is 1.92. The van der Waals surface area contributed by atoms with Crippen LogP contribution in [-0.4, -0.2) is 12.4 Å².